The number of amides is 3. The van der Waals surface area contributed by atoms with Crippen LogP contribution in [0.2, 0.25) is 0 Å². The number of hydrogen-bond acceptors (Lipinski definition) is 9. The monoisotopic (exact) mass is 545 g/mol. The number of fused-ring (bicyclic) bond motifs is 4. The van der Waals surface area contributed by atoms with Crippen LogP contribution in [0.3, 0.4) is 0 Å². The normalized spacial score (nSPS) is 20.6. The van der Waals surface area contributed by atoms with Crippen LogP contribution in [0.5, 0.6) is 5.75 Å². The Morgan fingerprint density at radius 1 is 1.20 bits per heavy atom. The third kappa shape index (κ3) is 5.54. The smallest absolute Gasteiger partial charge is 0.329 e. The third-order valence-corrected chi connectivity index (χ3v) is 7.05. The number of pyridine rings is 3. The molecule has 6 rings (SSSR count). The quantitative estimate of drug-likeness (QED) is 0.460. The Hall–Kier alpha value is -4.29. The molecule has 3 aromatic heterocycles. The van der Waals surface area contributed by atoms with Gasteiger partial charge in [0.15, 0.2) is 11.6 Å². The lowest BCUT2D eigenvalue weighted by Crippen LogP contribution is -2.48. The highest BCUT2D eigenvalue weighted by Gasteiger charge is 2.40. The second-order valence-electron chi connectivity index (χ2n) is 10.4. The van der Waals surface area contributed by atoms with E-state index in [9.17, 15) is 9.59 Å². The molecule has 3 amide bonds. The number of urea groups is 1. The number of nitrogens with zero attached hydrogens (tertiary/aromatic N) is 5. The van der Waals surface area contributed by atoms with E-state index >= 15 is 0 Å². The molecule has 2 fully saturated rings. The van der Waals surface area contributed by atoms with E-state index in [0.717, 1.165) is 24.2 Å². The first-order chi connectivity index (χ1) is 19.3. The summed E-state index contributed by atoms with van der Waals surface area (Å²) in [6.07, 6.45) is 5.56. The molecule has 3 aliphatic rings. The first kappa shape index (κ1) is 26.0. The number of aromatic nitrogens is 3. The van der Waals surface area contributed by atoms with Crippen molar-refractivity contribution in [1.82, 2.24) is 20.3 Å². The fraction of sp³-hybridized carbons (Fsp3) is 0.393. The van der Waals surface area contributed by atoms with Crippen molar-refractivity contribution < 1.29 is 23.8 Å². The fourth-order valence-corrected chi connectivity index (χ4v) is 5.15. The molecule has 2 saturated heterocycles. The number of hydrogen-bond donors (Lipinski definition) is 2. The Morgan fingerprint density at radius 3 is 2.90 bits per heavy atom. The van der Waals surface area contributed by atoms with Crippen molar-refractivity contribution in [2.75, 3.05) is 41.4 Å². The highest BCUT2D eigenvalue weighted by molar-refractivity contribution is 6.05. The lowest BCUT2D eigenvalue weighted by Gasteiger charge is -2.35. The van der Waals surface area contributed by atoms with Crippen molar-refractivity contribution in [3.8, 4) is 5.75 Å². The molecule has 2 atom stereocenters. The van der Waals surface area contributed by atoms with Gasteiger partial charge in [0.1, 0.15) is 30.0 Å². The summed E-state index contributed by atoms with van der Waals surface area (Å²) in [5.74, 6) is 0.397. The zero-order chi connectivity index (χ0) is 27.7. The summed E-state index contributed by atoms with van der Waals surface area (Å²) < 4.78 is 17.2. The second-order valence-corrected chi connectivity index (χ2v) is 10.4. The third-order valence-electron chi connectivity index (χ3n) is 7.05. The maximum atomic E-state index is 13.6. The minimum absolute atomic E-state index is 0.0731. The Morgan fingerprint density at radius 2 is 2.10 bits per heavy atom. The van der Waals surface area contributed by atoms with Gasteiger partial charge in [0.2, 0.25) is 0 Å². The van der Waals surface area contributed by atoms with Crippen LogP contribution in [0, 0.1) is 0 Å². The first-order valence-electron chi connectivity index (χ1n) is 13.3. The van der Waals surface area contributed by atoms with Crippen LogP contribution < -0.4 is 25.2 Å². The van der Waals surface area contributed by atoms with Gasteiger partial charge < -0.3 is 24.4 Å². The van der Waals surface area contributed by atoms with Crippen molar-refractivity contribution in [2.24, 2.45) is 0 Å². The predicted molar refractivity (Wildman–Crippen MR) is 146 cm³/mol. The second kappa shape index (κ2) is 10.7. The minimum Gasteiger partial charge on any atom is -0.491 e. The molecule has 1 unspecified atom stereocenters. The van der Waals surface area contributed by atoms with Gasteiger partial charge in [-0.15, -0.1) is 0 Å². The molecule has 2 N–H and O–H groups in total. The van der Waals surface area contributed by atoms with Gasteiger partial charge in [-0.25, -0.2) is 14.8 Å². The van der Waals surface area contributed by atoms with Crippen LogP contribution in [-0.2, 0) is 16.0 Å². The van der Waals surface area contributed by atoms with E-state index in [2.05, 4.69) is 30.5 Å². The summed E-state index contributed by atoms with van der Waals surface area (Å²) in [6.45, 7) is 6.32. The number of nitrogens with one attached hydrogen (secondary N) is 2. The summed E-state index contributed by atoms with van der Waals surface area (Å²) >= 11 is 0. The van der Waals surface area contributed by atoms with Crippen molar-refractivity contribution in [3.63, 3.8) is 0 Å². The molecule has 208 valence electrons. The van der Waals surface area contributed by atoms with Crippen molar-refractivity contribution >= 4 is 29.3 Å². The van der Waals surface area contributed by atoms with Gasteiger partial charge in [0.25, 0.3) is 5.91 Å². The number of ether oxygens (including phenoxy) is 3. The number of anilines is 3. The van der Waals surface area contributed by atoms with Gasteiger partial charge in [0, 0.05) is 44.3 Å². The molecule has 0 radical (unpaired) electrons. The van der Waals surface area contributed by atoms with Crippen LogP contribution >= 0.6 is 0 Å². The van der Waals surface area contributed by atoms with Crippen LogP contribution in [0.4, 0.5) is 22.1 Å². The molecule has 3 aromatic rings. The molecule has 0 saturated carbocycles. The zero-order valence-corrected chi connectivity index (χ0v) is 22.4. The molecule has 6 heterocycles. The number of carbonyl (C=O) groups excluding carboxylic acids is 2. The molecule has 12 heteroatoms. The maximum absolute atomic E-state index is 13.6. The Kier molecular flexibility index (Phi) is 6.95. The van der Waals surface area contributed by atoms with E-state index in [-0.39, 0.29) is 29.8 Å². The predicted octanol–water partition coefficient (Wildman–Crippen LogP) is 2.96. The molecule has 2 bridgehead atoms. The van der Waals surface area contributed by atoms with Crippen molar-refractivity contribution in [1.29, 1.82) is 0 Å². The average molecular weight is 546 g/mol. The van der Waals surface area contributed by atoms with Gasteiger partial charge in [-0.05, 0) is 50.1 Å². The van der Waals surface area contributed by atoms with Crippen molar-refractivity contribution in [2.45, 2.75) is 44.7 Å². The highest BCUT2D eigenvalue weighted by Crippen LogP contribution is 2.39. The number of carbonyl (C=O) groups is 2. The van der Waals surface area contributed by atoms with Gasteiger partial charge >= 0.3 is 6.03 Å². The maximum Gasteiger partial charge on any atom is 0.329 e. The summed E-state index contributed by atoms with van der Waals surface area (Å²) in [5.41, 5.74) is 1.93. The van der Waals surface area contributed by atoms with Gasteiger partial charge in [-0.3, -0.25) is 20.0 Å². The van der Waals surface area contributed by atoms with Gasteiger partial charge in [0.05, 0.1) is 18.3 Å². The van der Waals surface area contributed by atoms with E-state index in [1.54, 1.807) is 41.7 Å². The number of rotatable bonds is 7. The molecule has 40 heavy (non-hydrogen) atoms. The van der Waals surface area contributed by atoms with Crippen LogP contribution in [0.25, 0.3) is 0 Å². The Bertz CT molecular complexity index is 1400. The minimum atomic E-state index is -0.625. The lowest BCUT2D eigenvalue weighted by molar-refractivity contribution is -0.141. The van der Waals surface area contributed by atoms with Gasteiger partial charge in [-0.1, -0.05) is 6.07 Å². The Labute approximate surface area is 231 Å². The van der Waals surface area contributed by atoms with Gasteiger partial charge in [-0.2, -0.15) is 0 Å². The SMILES string of the molecule is CC1(C)OC[C@H](COc2ccnc(NC(=O)N3c4nc(C(=O)NCc5cccnc5)ccc4N4CCC3C4)c2)O1. The molecule has 0 aliphatic carbocycles. The average Bonchev–Trinajstić information content (AvgIpc) is 3.54. The summed E-state index contributed by atoms with van der Waals surface area (Å²) in [5, 5.41) is 5.76. The summed E-state index contributed by atoms with van der Waals surface area (Å²) in [4.78, 5) is 43.3. The van der Waals surface area contributed by atoms with E-state index in [0.29, 0.717) is 43.7 Å². The summed E-state index contributed by atoms with van der Waals surface area (Å²) in [6, 6.07) is 10.2. The molecular formula is C28H31N7O5. The molecule has 0 aromatic carbocycles. The van der Waals surface area contributed by atoms with Crippen LogP contribution in [0.1, 0.15) is 36.3 Å². The van der Waals surface area contributed by atoms with E-state index in [1.165, 1.54) is 0 Å². The highest BCUT2D eigenvalue weighted by atomic mass is 16.7. The topological polar surface area (TPSA) is 131 Å². The molecule has 0 spiro atoms. The molecule has 3 aliphatic heterocycles. The molecule has 12 nitrogen and oxygen atoms in total. The van der Waals surface area contributed by atoms with Crippen molar-refractivity contribution in [3.05, 3.63) is 66.2 Å². The van der Waals surface area contributed by atoms with Crippen LogP contribution in [0.15, 0.2) is 55.0 Å². The van der Waals surface area contributed by atoms with E-state index < -0.39 is 5.79 Å². The fourth-order valence-electron chi connectivity index (χ4n) is 5.15. The zero-order valence-electron chi connectivity index (χ0n) is 22.4. The first-order valence-corrected chi connectivity index (χ1v) is 13.3. The summed E-state index contributed by atoms with van der Waals surface area (Å²) in [7, 11) is 0. The molecular weight excluding hydrogens is 514 g/mol. The van der Waals surface area contributed by atoms with Crippen LogP contribution in [-0.4, -0.2) is 71.1 Å². The largest absolute Gasteiger partial charge is 0.491 e. The Balaban J connectivity index is 1.15. The van der Waals surface area contributed by atoms with E-state index in [1.807, 2.05) is 32.0 Å². The standard InChI is InChI=1S/C28H31N7O5/c1-28(2)39-17-21(40-28)16-38-20-7-10-30-24(12-20)33-27(37)35-19-8-11-34(15-19)23-6-5-22(32-25(23)35)26(36)31-14-18-4-3-9-29-13-18/h3-7,9-10,12-13,19,21H,8,11,14-17H2,1-2H3,(H,31,36)(H,30,33,37)/t19?,21-/m0/s1. The lowest BCUT2D eigenvalue weighted by atomic mass is 10.1. The van der Waals surface area contributed by atoms with E-state index in [4.69, 9.17) is 14.2 Å².